The molecular weight excluding hydrogens is 515 g/mol. The Balaban J connectivity index is 1.66. The Morgan fingerprint density at radius 2 is 1.53 bits per heavy atom. The van der Waals surface area contributed by atoms with Crippen LogP contribution in [0.5, 0.6) is 5.75 Å². The molecule has 1 amide bonds. The molecule has 0 saturated carbocycles. The molecule has 0 saturated heterocycles. The fourth-order valence-electron chi connectivity index (χ4n) is 3.38. The number of alkyl carbamates (subject to hydrolysis) is 1. The first kappa shape index (κ1) is 28.4. The van der Waals surface area contributed by atoms with E-state index in [0.717, 1.165) is 5.56 Å². The first-order valence-electron chi connectivity index (χ1n) is 11.6. The van der Waals surface area contributed by atoms with E-state index in [1.54, 1.807) is 54.6 Å². The summed E-state index contributed by atoms with van der Waals surface area (Å²) in [4.78, 5) is 46.1. The third kappa shape index (κ3) is 8.72. The molecular formula is C26H27N2O9P. The monoisotopic (exact) mass is 542 g/mol. The van der Waals surface area contributed by atoms with Crippen molar-refractivity contribution in [3.05, 3.63) is 106 Å². The minimum Gasteiger partial charge on any atom is -0.459 e. The van der Waals surface area contributed by atoms with E-state index < -0.39 is 36.8 Å². The van der Waals surface area contributed by atoms with Gasteiger partial charge in [0.2, 0.25) is 0 Å². The summed E-state index contributed by atoms with van der Waals surface area (Å²) < 4.78 is 28.5. The van der Waals surface area contributed by atoms with Gasteiger partial charge in [0.15, 0.2) is 0 Å². The number of amides is 1. The third-order valence-corrected chi connectivity index (χ3v) is 6.71. The van der Waals surface area contributed by atoms with Crippen molar-refractivity contribution >= 4 is 25.3 Å². The fraction of sp³-hybridized carbons (Fsp3) is 0.231. The number of rotatable bonds is 12. The molecule has 0 bridgehead atoms. The average Bonchev–Trinajstić information content (AvgIpc) is 2.90. The van der Waals surface area contributed by atoms with Crippen LogP contribution in [0.25, 0.3) is 0 Å². The molecule has 0 aliphatic carbocycles. The molecule has 0 fully saturated rings. The zero-order chi connectivity index (χ0) is 27.5. The lowest BCUT2D eigenvalue weighted by atomic mass is 10.2. The second kappa shape index (κ2) is 13.4. The normalized spacial score (nSPS) is 13.0. The predicted octanol–water partition coefficient (Wildman–Crippen LogP) is 4.90. The molecule has 3 aromatic carbocycles. The van der Waals surface area contributed by atoms with Crippen LogP contribution in [-0.2, 0) is 32.0 Å². The van der Waals surface area contributed by atoms with Gasteiger partial charge < -0.3 is 24.2 Å². The molecule has 12 heteroatoms. The molecule has 2 unspecified atom stereocenters. The Hall–Kier alpha value is -4.21. The van der Waals surface area contributed by atoms with E-state index in [9.17, 15) is 29.2 Å². The van der Waals surface area contributed by atoms with E-state index in [1.807, 2.05) is 6.07 Å². The SMILES string of the molecule is Cc1c(OP(=O)(O)CCC(NC(=O)OCc2ccccc2)C(=O)OCc2ccccc2)cccc1[N+](=O)[O-]. The highest BCUT2D eigenvalue weighted by Crippen LogP contribution is 2.45. The first-order valence-corrected chi connectivity index (χ1v) is 13.3. The maximum absolute atomic E-state index is 12.8. The summed E-state index contributed by atoms with van der Waals surface area (Å²) >= 11 is 0. The molecule has 0 radical (unpaired) electrons. The van der Waals surface area contributed by atoms with Crippen LogP contribution in [0.2, 0.25) is 0 Å². The molecule has 0 aromatic heterocycles. The van der Waals surface area contributed by atoms with Gasteiger partial charge in [-0.3, -0.25) is 10.1 Å². The van der Waals surface area contributed by atoms with Gasteiger partial charge in [0, 0.05) is 6.07 Å². The van der Waals surface area contributed by atoms with E-state index in [-0.39, 0.29) is 36.6 Å². The van der Waals surface area contributed by atoms with Crippen LogP contribution in [0.4, 0.5) is 10.5 Å². The maximum atomic E-state index is 12.8. The summed E-state index contributed by atoms with van der Waals surface area (Å²) in [5.74, 6) is -0.972. The number of benzene rings is 3. The van der Waals surface area contributed by atoms with Crippen LogP contribution in [0.3, 0.4) is 0 Å². The Kier molecular flexibility index (Phi) is 9.98. The number of carbonyl (C=O) groups is 2. The molecule has 0 spiro atoms. The lowest BCUT2D eigenvalue weighted by Crippen LogP contribution is -2.42. The lowest BCUT2D eigenvalue weighted by molar-refractivity contribution is -0.385. The Bertz CT molecular complexity index is 1300. The number of hydrogen-bond donors (Lipinski definition) is 2. The highest BCUT2D eigenvalue weighted by atomic mass is 31.2. The van der Waals surface area contributed by atoms with Gasteiger partial charge in [-0.25, -0.2) is 14.2 Å². The van der Waals surface area contributed by atoms with Crippen LogP contribution < -0.4 is 9.84 Å². The molecule has 0 heterocycles. The van der Waals surface area contributed by atoms with Crippen molar-refractivity contribution in [1.29, 1.82) is 0 Å². The van der Waals surface area contributed by atoms with Crippen LogP contribution in [0, 0.1) is 17.0 Å². The molecule has 3 aromatic rings. The van der Waals surface area contributed by atoms with E-state index >= 15 is 0 Å². The number of hydrogen-bond acceptors (Lipinski definition) is 8. The molecule has 3 rings (SSSR count). The van der Waals surface area contributed by atoms with Crippen molar-refractivity contribution in [2.75, 3.05) is 6.16 Å². The van der Waals surface area contributed by atoms with Crippen LogP contribution in [-0.4, -0.2) is 34.1 Å². The average molecular weight is 542 g/mol. The minimum atomic E-state index is -4.39. The Labute approximate surface area is 219 Å². The molecule has 2 N–H and O–H groups in total. The molecule has 0 aliphatic heterocycles. The second-order valence-corrected chi connectivity index (χ2v) is 10.2. The highest BCUT2D eigenvalue weighted by molar-refractivity contribution is 7.53. The summed E-state index contributed by atoms with van der Waals surface area (Å²) in [6, 6.07) is 20.3. The number of nitro benzene ring substituents is 1. The van der Waals surface area contributed by atoms with Gasteiger partial charge in [-0.15, -0.1) is 0 Å². The van der Waals surface area contributed by atoms with Crippen LogP contribution in [0.15, 0.2) is 78.9 Å². The zero-order valence-corrected chi connectivity index (χ0v) is 21.4. The maximum Gasteiger partial charge on any atom is 0.408 e. The molecule has 11 nitrogen and oxygen atoms in total. The van der Waals surface area contributed by atoms with Gasteiger partial charge in [-0.2, -0.15) is 0 Å². The summed E-state index contributed by atoms with van der Waals surface area (Å²) in [6.07, 6.45) is -1.80. The van der Waals surface area contributed by atoms with Crippen molar-refractivity contribution in [1.82, 2.24) is 5.32 Å². The van der Waals surface area contributed by atoms with E-state index in [2.05, 4.69) is 5.32 Å². The molecule has 38 heavy (non-hydrogen) atoms. The van der Waals surface area contributed by atoms with Crippen LogP contribution >= 0.6 is 7.60 Å². The molecule has 0 aliphatic rings. The predicted molar refractivity (Wildman–Crippen MR) is 138 cm³/mol. The first-order chi connectivity index (χ1) is 18.1. The van der Waals surface area contributed by atoms with Crippen molar-refractivity contribution in [3.63, 3.8) is 0 Å². The van der Waals surface area contributed by atoms with Crippen LogP contribution in [0.1, 0.15) is 23.1 Å². The van der Waals surface area contributed by atoms with Gasteiger partial charge in [-0.1, -0.05) is 66.7 Å². The topological polar surface area (TPSA) is 154 Å². The van der Waals surface area contributed by atoms with E-state index in [4.69, 9.17) is 14.0 Å². The largest absolute Gasteiger partial charge is 0.459 e. The molecule has 200 valence electrons. The van der Waals surface area contributed by atoms with Gasteiger partial charge in [0.05, 0.1) is 16.6 Å². The number of nitrogens with zero attached hydrogens (tertiary/aromatic N) is 1. The van der Waals surface area contributed by atoms with Gasteiger partial charge >= 0.3 is 19.7 Å². The zero-order valence-electron chi connectivity index (χ0n) is 20.5. The highest BCUT2D eigenvalue weighted by Gasteiger charge is 2.30. The summed E-state index contributed by atoms with van der Waals surface area (Å²) in [6.45, 7) is 1.27. The number of esters is 1. The van der Waals surface area contributed by atoms with Crippen molar-refractivity contribution in [3.8, 4) is 5.75 Å². The Morgan fingerprint density at radius 3 is 2.11 bits per heavy atom. The van der Waals surface area contributed by atoms with E-state index in [1.165, 1.54) is 25.1 Å². The van der Waals surface area contributed by atoms with Gasteiger partial charge in [0.1, 0.15) is 25.0 Å². The van der Waals surface area contributed by atoms with E-state index in [0.29, 0.717) is 5.56 Å². The number of ether oxygens (including phenoxy) is 2. The van der Waals surface area contributed by atoms with Crippen molar-refractivity contribution in [2.24, 2.45) is 0 Å². The molecule has 2 atom stereocenters. The number of carbonyl (C=O) groups excluding carboxylic acids is 2. The number of nitrogens with one attached hydrogen (secondary N) is 1. The van der Waals surface area contributed by atoms with Crippen molar-refractivity contribution in [2.45, 2.75) is 32.6 Å². The van der Waals surface area contributed by atoms with Gasteiger partial charge in [-0.05, 0) is 30.5 Å². The lowest BCUT2D eigenvalue weighted by Gasteiger charge is -2.20. The standard InChI is InChI=1S/C26H27N2O9P/c1-19-23(28(31)32)13-8-14-24(19)37-38(33,34)16-15-22(25(29)35-17-20-9-4-2-5-10-20)27-26(30)36-18-21-11-6-3-7-12-21/h2-14,22H,15-18H2,1H3,(H,27,30)(H,33,34). The van der Waals surface area contributed by atoms with Gasteiger partial charge in [0.25, 0.3) is 5.69 Å². The van der Waals surface area contributed by atoms with Crippen molar-refractivity contribution < 1.29 is 38.0 Å². The Morgan fingerprint density at radius 1 is 0.947 bits per heavy atom. The summed E-state index contributed by atoms with van der Waals surface area (Å²) in [5, 5.41) is 13.5. The summed E-state index contributed by atoms with van der Waals surface area (Å²) in [5.41, 5.74) is 1.25. The quantitative estimate of drug-likeness (QED) is 0.141. The second-order valence-electron chi connectivity index (χ2n) is 8.25. The smallest absolute Gasteiger partial charge is 0.408 e. The fourth-order valence-corrected chi connectivity index (χ4v) is 4.56. The third-order valence-electron chi connectivity index (χ3n) is 5.41. The minimum absolute atomic E-state index is 0.0495. The number of nitro groups is 1. The summed E-state index contributed by atoms with van der Waals surface area (Å²) in [7, 11) is -4.39.